The number of rotatable bonds is 6. The maximum Gasteiger partial charge on any atom is 0.314 e. The molecule has 0 unspecified atom stereocenters. The number of amides is 2. The fourth-order valence-electron chi connectivity index (χ4n) is 2.42. The van der Waals surface area contributed by atoms with Gasteiger partial charge >= 0.3 is 6.03 Å². The monoisotopic (exact) mass is 277 g/mol. The van der Waals surface area contributed by atoms with Crippen LogP contribution in [0.5, 0.6) is 0 Å². The van der Waals surface area contributed by atoms with Crippen LogP contribution < -0.4 is 10.6 Å². The number of aliphatic hydroxyl groups is 1. The van der Waals surface area contributed by atoms with E-state index >= 15 is 0 Å². The summed E-state index contributed by atoms with van der Waals surface area (Å²) >= 11 is 0. The summed E-state index contributed by atoms with van der Waals surface area (Å²) in [5.41, 5.74) is 2.84. The molecule has 1 heterocycles. The molecule has 20 heavy (non-hydrogen) atoms. The second-order valence-electron chi connectivity index (χ2n) is 5.05. The topological polar surface area (TPSA) is 64.6 Å². The lowest BCUT2D eigenvalue weighted by Crippen LogP contribution is -2.42. The molecule has 0 atom stereocenters. The number of fused-ring (bicyclic) bond motifs is 1. The molecule has 3 N–H and O–H groups in total. The zero-order valence-corrected chi connectivity index (χ0v) is 11.8. The van der Waals surface area contributed by atoms with Gasteiger partial charge in [-0.25, -0.2) is 4.79 Å². The molecule has 0 aliphatic carbocycles. The Morgan fingerprint density at radius 2 is 1.95 bits per heavy atom. The Balaban J connectivity index is 1.65. The Bertz CT molecular complexity index is 437. The van der Waals surface area contributed by atoms with Crippen molar-refractivity contribution < 1.29 is 9.90 Å². The van der Waals surface area contributed by atoms with E-state index in [4.69, 9.17) is 5.11 Å². The largest absolute Gasteiger partial charge is 0.396 e. The van der Waals surface area contributed by atoms with Crippen molar-refractivity contribution in [2.45, 2.75) is 19.4 Å². The number of benzene rings is 1. The van der Waals surface area contributed by atoms with Gasteiger partial charge in [-0.3, -0.25) is 4.90 Å². The van der Waals surface area contributed by atoms with E-state index < -0.39 is 0 Å². The molecule has 0 spiro atoms. The summed E-state index contributed by atoms with van der Waals surface area (Å²) < 4.78 is 0. The van der Waals surface area contributed by atoms with Crippen molar-refractivity contribution >= 4 is 6.03 Å². The molecule has 1 aromatic carbocycles. The normalized spacial score (nSPS) is 14.7. The predicted octanol–water partition coefficient (Wildman–Crippen LogP) is 0.726. The summed E-state index contributed by atoms with van der Waals surface area (Å²) in [4.78, 5) is 13.8. The molecule has 1 aliphatic heterocycles. The SMILES string of the molecule is O=C(NCCCO)NCCN1CCc2ccccc2C1. The van der Waals surface area contributed by atoms with Crippen molar-refractivity contribution in [3.8, 4) is 0 Å². The molecule has 5 nitrogen and oxygen atoms in total. The third-order valence-corrected chi connectivity index (χ3v) is 3.54. The highest BCUT2D eigenvalue weighted by Crippen LogP contribution is 2.17. The number of aliphatic hydroxyl groups excluding tert-OH is 1. The molecular formula is C15H23N3O2. The van der Waals surface area contributed by atoms with Crippen LogP contribution in [0, 0.1) is 0 Å². The lowest BCUT2D eigenvalue weighted by molar-refractivity contribution is 0.229. The molecule has 110 valence electrons. The first-order valence-corrected chi connectivity index (χ1v) is 7.21. The second-order valence-corrected chi connectivity index (χ2v) is 5.05. The van der Waals surface area contributed by atoms with E-state index in [0.29, 0.717) is 19.5 Å². The van der Waals surface area contributed by atoms with Crippen LogP contribution in [0.2, 0.25) is 0 Å². The summed E-state index contributed by atoms with van der Waals surface area (Å²) in [6, 6.07) is 8.38. The molecular weight excluding hydrogens is 254 g/mol. The van der Waals surface area contributed by atoms with E-state index in [1.807, 2.05) is 0 Å². The zero-order chi connectivity index (χ0) is 14.2. The van der Waals surface area contributed by atoms with Crippen molar-refractivity contribution in [2.75, 3.05) is 32.8 Å². The van der Waals surface area contributed by atoms with E-state index in [1.54, 1.807) is 0 Å². The van der Waals surface area contributed by atoms with E-state index in [1.165, 1.54) is 11.1 Å². The quantitative estimate of drug-likeness (QED) is 0.672. The number of nitrogens with one attached hydrogen (secondary N) is 2. The highest BCUT2D eigenvalue weighted by Gasteiger charge is 2.15. The van der Waals surface area contributed by atoms with Crippen LogP contribution in [0.3, 0.4) is 0 Å². The number of carbonyl (C=O) groups excluding carboxylic acids is 1. The molecule has 0 radical (unpaired) electrons. The van der Waals surface area contributed by atoms with Crippen LogP contribution in [0.4, 0.5) is 4.79 Å². The molecule has 0 bridgehead atoms. The Morgan fingerprint density at radius 3 is 2.75 bits per heavy atom. The van der Waals surface area contributed by atoms with Gasteiger partial charge in [-0.1, -0.05) is 24.3 Å². The van der Waals surface area contributed by atoms with Gasteiger partial charge in [0.2, 0.25) is 0 Å². The zero-order valence-electron chi connectivity index (χ0n) is 11.8. The second kappa shape index (κ2) is 7.87. The molecule has 5 heteroatoms. The van der Waals surface area contributed by atoms with Gasteiger partial charge in [-0.05, 0) is 24.0 Å². The Morgan fingerprint density at radius 1 is 1.20 bits per heavy atom. The van der Waals surface area contributed by atoms with E-state index in [-0.39, 0.29) is 12.6 Å². The predicted molar refractivity (Wildman–Crippen MR) is 78.5 cm³/mol. The lowest BCUT2D eigenvalue weighted by Gasteiger charge is -2.28. The van der Waals surface area contributed by atoms with Crippen LogP contribution >= 0.6 is 0 Å². The first kappa shape index (κ1) is 14.8. The Kier molecular flexibility index (Phi) is 5.83. The Hall–Kier alpha value is -1.59. The fourth-order valence-corrected chi connectivity index (χ4v) is 2.42. The maximum atomic E-state index is 11.4. The van der Waals surface area contributed by atoms with Gasteiger partial charge in [0.25, 0.3) is 0 Å². The van der Waals surface area contributed by atoms with Gasteiger partial charge < -0.3 is 15.7 Å². The minimum Gasteiger partial charge on any atom is -0.396 e. The number of urea groups is 1. The molecule has 2 rings (SSSR count). The highest BCUT2D eigenvalue weighted by molar-refractivity contribution is 5.73. The first-order valence-electron chi connectivity index (χ1n) is 7.21. The van der Waals surface area contributed by atoms with E-state index in [9.17, 15) is 4.79 Å². The summed E-state index contributed by atoms with van der Waals surface area (Å²) in [6.07, 6.45) is 1.68. The third kappa shape index (κ3) is 4.51. The molecule has 0 fully saturated rings. The Labute approximate surface area is 120 Å². The first-order chi connectivity index (χ1) is 9.79. The van der Waals surface area contributed by atoms with Gasteiger partial charge in [0.1, 0.15) is 0 Å². The number of nitrogens with zero attached hydrogens (tertiary/aromatic N) is 1. The fraction of sp³-hybridized carbons (Fsp3) is 0.533. The number of hydrogen-bond donors (Lipinski definition) is 3. The molecule has 0 aromatic heterocycles. The molecule has 1 aliphatic rings. The summed E-state index contributed by atoms with van der Waals surface area (Å²) in [6.45, 7) is 4.14. The van der Waals surface area contributed by atoms with Crippen molar-refractivity contribution in [1.82, 2.24) is 15.5 Å². The standard InChI is InChI=1S/C15H23N3O2/c19-11-3-7-16-15(20)17-8-10-18-9-6-13-4-1-2-5-14(13)12-18/h1-2,4-5,19H,3,6-12H2,(H2,16,17,20). The van der Waals surface area contributed by atoms with Crippen LogP contribution in [0.15, 0.2) is 24.3 Å². The third-order valence-electron chi connectivity index (χ3n) is 3.54. The summed E-state index contributed by atoms with van der Waals surface area (Å²) in [5, 5.41) is 14.2. The minimum absolute atomic E-state index is 0.105. The molecule has 0 saturated heterocycles. The maximum absolute atomic E-state index is 11.4. The average Bonchev–Trinajstić information content (AvgIpc) is 2.47. The van der Waals surface area contributed by atoms with Gasteiger partial charge in [-0.15, -0.1) is 0 Å². The van der Waals surface area contributed by atoms with Crippen LogP contribution in [0.1, 0.15) is 17.5 Å². The van der Waals surface area contributed by atoms with Crippen molar-refractivity contribution in [1.29, 1.82) is 0 Å². The molecule has 0 saturated carbocycles. The summed E-state index contributed by atoms with van der Waals surface area (Å²) in [7, 11) is 0. The molecule has 2 amide bonds. The van der Waals surface area contributed by atoms with Crippen molar-refractivity contribution in [2.24, 2.45) is 0 Å². The van der Waals surface area contributed by atoms with Crippen molar-refractivity contribution in [3.05, 3.63) is 35.4 Å². The van der Waals surface area contributed by atoms with Crippen LogP contribution in [-0.4, -0.2) is 48.8 Å². The minimum atomic E-state index is -0.157. The van der Waals surface area contributed by atoms with Crippen LogP contribution in [-0.2, 0) is 13.0 Å². The lowest BCUT2D eigenvalue weighted by atomic mass is 10.00. The van der Waals surface area contributed by atoms with E-state index in [0.717, 1.165) is 26.1 Å². The number of carbonyl (C=O) groups is 1. The van der Waals surface area contributed by atoms with Gasteiger partial charge in [0.15, 0.2) is 0 Å². The van der Waals surface area contributed by atoms with Gasteiger partial charge in [0.05, 0.1) is 0 Å². The smallest absolute Gasteiger partial charge is 0.314 e. The number of hydrogen-bond acceptors (Lipinski definition) is 3. The highest BCUT2D eigenvalue weighted by atomic mass is 16.3. The van der Waals surface area contributed by atoms with Crippen LogP contribution in [0.25, 0.3) is 0 Å². The summed E-state index contributed by atoms with van der Waals surface area (Å²) in [5.74, 6) is 0. The average molecular weight is 277 g/mol. The van der Waals surface area contributed by atoms with Crippen molar-refractivity contribution in [3.63, 3.8) is 0 Å². The molecule has 1 aromatic rings. The van der Waals surface area contributed by atoms with E-state index in [2.05, 4.69) is 39.8 Å². The van der Waals surface area contributed by atoms with Gasteiger partial charge in [-0.2, -0.15) is 0 Å². The van der Waals surface area contributed by atoms with Gasteiger partial charge in [0, 0.05) is 39.3 Å².